The molecule has 0 bridgehead atoms. The minimum atomic E-state index is -3.60. The summed E-state index contributed by atoms with van der Waals surface area (Å²) >= 11 is 1.14. The van der Waals surface area contributed by atoms with Crippen LogP contribution in [-0.2, 0) is 14.8 Å². The van der Waals surface area contributed by atoms with Gasteiger partial charge in [-0.3, -0.25) is 0 Å². The van der Waals surface area contributed by atoms with Crippen molar-refractivity contribution < 1.29 is 22.5 Å². The zero-order valence-corrected chi connectivity index (χ0v) is 15.3. The molecule has 8 nitrogen and oxygen atoms in total. The standard InChI is InChI=1S/C15H19N3O5S2/c1-2-22-15(19)18-8-5-11(6-9-18)17-25(20,21)14-4-3-13(24-14)12-7-10-23-16-12/h3-4,7,10-11,17H,2,5-6,8-9H2,1H3. The van der Waals surface area contributed by atoms with Crippen molar-refractivity contribution in [1.29, 1.82) is 0 Å². The third kappa shape index (κ3) is 4.20. The predicted molar refractivity (Wildman–Crippen MR) is 91.8 cm³/mol. The number of rotatable bonds is 5. The number of hydrogen-bond acceptors (Lipinski definition) is 7. The third-order valence-corrected chi connectivity index (χ3v) is 7.00. The Morgan fingerprint density at radius 1 is 1.40 bits per heavy atom. The molecule has 3 rings (SSSR count). The van der Waals surface area contributed by atoms with Crippen LogP contribution in [0.5, 0.6) is 0 Å². The lowest BCUT2D eigenvalue weighted by molar-refractivity contribution is 0.0966. The molecule has 10 heteroatoms. The third-order valence-electron chi connectivity index (χ3n) is 3.88. The molecule has 1 N–H and O–H groups in total. The van der Waals surface area contributed by atoms with Gasteiger partial charge in [0, 0.05) is 25.2 Å². The second-order valence-electron chi connectivity index (χ2n) is 5.58. The van der Waals surface area contributed by atoms with Gasteiger partial charge in [-0.05, 0) is 31.9 Å². The molecular weight excluding hydrogens is 366 g/mol. The second-order valence-corrected chi connectivity index (χ2v) is 8.61. The summed E-state index contributed by atoms with van der Waals surface area (Å²) < 4.78 is 37.8. The predicted octanol–water partition coefficient (Wildman–Crippen LogP) is 2.30. The summed E-state index contributed by atoms with van der Waals surface area (Å²) in [6.07, 6.45) is 2.21. The first-order valence-electron chi connectivity index (χ1n) is 7.94. The quantitative estimate of drug-likeness (QED) is 0.847. The molecule has 2 aromatic rings. The number of likely N-dealkylation sites (tertiary alicyclic amines) is 1. The summed E-state index contributed by atoms with van der Waals surface area (Å²) in [6.45, 7) is 3.03. The lowest BCUT2D eigenvalue weighted by Gasteiger charge is -2.31. The molecule has 0 atom stereocenters. The SMILES string of the molecule is CCOC(=O)N1CCC(NS(=O)(=O)c2ccc(-c3ccon3)s2)CC1. The fraction of sp³-hybridized carbons (Fsp3) is 0.467. The molecule has 1 saturated heterocycles. The van der Waals surface area contributed by atoms with Gasteiger partial charge in [-0.1, -0.05) is 5.16 Å². The van der Waals surface area contributed by atoms with Crippen LogP contribution < -0.4 is 4.72 Å². The molecular formula is C15H19N3O5S2. The van der Waals surface area contributed by atoms with Crippen molar-refractivity contribution in [3.05, 3.63) is 24.5 Å². The van der Waals surface area contributed by atoms with Gasteiger partial charge in [-0.15, -0.1) is 11.3 Å². The zero-order valence-electron chi connectivity index (χ0n) is 13.7. The molecule has 1 aliphatic rings. The van der Waals surface area contributed by atoms with Crippen LogP contribution >= 0.6 is 11.3 Å². The van der Waals surface area contributed by atoms with Gasteiger partial charge in [0.25, 0.3) is 0 Å². The molecule has 0 aromatic carbocycles. The molecule has 1 aliphatic heterocycles. The lowest BCUT2D eigenvalue weighted by atomic mass is 10.1. The van der Waals surface area contributed by atoms with Crippen molar-refractivity contribution in [2.24, 2.45) is 0 Å². The van der Waals surface area contributed by atoms with Gasteiger partial charge in [-0.2, -0.15) is 0 Å². The second kappa shape index (κ2) is 7.54. The molecule has 25 heavy (non-hydrogen) atoms. The smallest absolute Gasteiger partial charge is 0.409 e. The highest BCUT2D eigenvalue weighted by molar-refractivity contribution is 7.91. The van der Waals surface area contributed by atoms with Crippen LogP contribution in [0, 0.1) is 0 Å². The number of amides is 1. The number of aromatic nitrogens is 1. The van der Waals surface area contributed by atoms with Crippen LogP contribution in [0.1, 0.15) is 19.8 Å². The number of ether oxygens (including phenoxy) is 1. The number of carbonyl (C=O) groups excluding carboxylic acids is 1. The largest absolute Gasteiger partial charge is 0.450 e. The zero-order chi connectivity index (χ0) is 17.9. The minimum absolute atomic E-state index is 0.201. The summed E-state index contributed by atoms with van der Waals surface area (Å²) in [6, 6.07) is 4.75. The molecule has 0 unspecified atom stereocenters. The Balaban J connectivity index is 1.60. The van der Waals surface area contributed by atoms with E-state index in [9.17, 15) is 13.2 Å². The first kappa shape index (κ1) is 17.9. The highest BCUT2D eigenvalue weighted by Gasteiger charge is 2.28. The Bertz CT molecular complexity index is 808. The molecule has 136 valence electrons. The maximum absolute atomic E-state index is 12.6. The Hall–Kier alpha value is -1.91. The monoisotopic (exact) mass is 385 g/mol. The molecule has 1 amide bonds. The van der Waals surface area contributed by atoms with Crippen molar-refractivity contribution in [1.82, 2.24) is 14.8 Å². The average molecular weight is 385 g/mol. The van der Waals surface area contributed by atoms with Crippen molar-refractivity contribution in [3.8, 4) is 10.6 Å². The van der Waals surface area contributed by atoms with Gasteiger partial charge in [0.1, 0.15) is 16.2 Å². The van der Waals surface area contributed by atoms with Crippen LogP contribution in [0.25, 0.3) is 10.6 Å². The Morgan fingerprint density at radius 3 is 2.80 bits per heavy atom. The highest BCUT2D eigenvalue weighted by atomic mass is 32.2. The Kier molecular flexibility index (Phi) is 5.40. The van der Waals surface area contributed by atoms with E-state index in [1.165, 1.54) is 6.26 Å². The highest BCUT2D eigenvalue weighted by Crippen LogP contribution is 2.30. The maximum atomic E-state index is 12.6. The van der Waals surface area contributed by atoms with Crippen molar-refractivity contribution in [3.63, 3.8) is 0 Å². The number of sulfonamides is 1. The summed E-state index contributed by atoms with van der Waals surface area (Å²) in [7, 11) is -3.60. The number of hydrogen-bond donors (Lipinski definition) is 1. The van der Waals surface area contributed by atoms with Crippen LogP contribution in [0.15, 0.2) is 33.2 Å². The molecule has 0 saturated carbocycles. The van der Waals surface area contributed by atoms with E-state index in [1.54, 1.807) is 30.0 Å². The van der Waals surface area contributed by atoms with E-state index in [0.29, 0.717) is 38.2 Å². The van der Waals surface area contributed by atoms with Crippen LogP contribution in [-0.4, -0.2) is 50.3 Å². The van der Waals surface area contributed by atoms with Crippen LogP contribution in [0.4, 0.5) is 4.79 Å². The van der Waals surface area contributed by atoms with E-state index in [2.05, 4.69) is 9.88 Å². The number of carbonyl (C=O) groups is 1. The van der Waals surface area contributed by atoms with E-state index in [4.69, 9.17) is 9.26 Å². The summed E-state index contributed by atoms with van der Waals surface area (Å²) in [5, 5.41) is 3.81. The summed E-state index contributed by atoms with van der Waals surface area (Å²) in [5.41, 5.74) is 0.606. The topological polar surface area (TPSA) is 102 Å². The molecule has 0 radical (unpaired) electrons. The molecule has 0 spiro atoms. The van der Waals surface area contributed by atoms with Gasteiger partial charge in [0.15, 0.2) is 0 Å². The fourth-order valence-electron chi connectivity index (χ4n) is 2.61. The number of nitrogens with zero attached hydrogens (tertiary/aromatic N) is 2. The molecule has 1 fully saturated rings. The summed E-state index contributed by atoms with van der Waals surface area (Å²) in [5.74, 6) is 0. The number of piperidine rings is 1. The van der Waals surface area contributed by atoms with E-state index >= 15 is 0 Å². The van der Waals surface area contributed by atoms with Gasteiger partial charge in [0.2, 0.25) is 10.0 Å². The maximum Gasteiger partial charge on any atom is 0.409 e. The van der Waals surface area contributed by atoms with Gasteiger partial charge >= 0.3 is 6.09 Å². The molecule has 0 aliphatic carbocycles. The van der Waals surface area contributed by atoms with Crippen molar-refractivity contribution in [2.45, 2.75) is 30.0 Å². The normalized spacial score (nSPS) is 16.1. The van der Waals surface area contributed by atoms with E-state index < -0.39 is 10.0 Å². The molecule has 2 aromatic heterocycles. The van der Waals surface area contributed by atoms with Crippen LogP contribution in [0.2, 0.25) is 0 Å². The first-order valence-corrected chi connectivity index (χ1v) is 10.2. The summed E-state index contributed by atoms with van der Waals surface area (Å²) in [4.78, 5) is 14.0. The van der Waals surface area contributed by atoms with Gasteiger partial charge in [0.05, 0.1) is 11.5 Å². The van der Waals surface area contributed by atoms with Crippen molar-refractivity contribution in [2.75, 3.05) is 19.7 Å². The number of nitrogens with one attached hydrogen (secondary N) is 1. The Labute approximate surface area is 149 Å². The van der Waals surface area contributed by atoms with E-state index in [1.807, 2.05) is 0 Å². The average Bonchev–Trinajstić information content (AvgIpc) is 3.27. The fourth-order valence-corrected chi connectivity index (χ4v) is 5.20. The number of thiophene rings is 1. The first-order chi connectivity index (χ1) is 12.0. The minimum Gasteiger partial charge on any atom is -0.450 e. The Morgan fingerprint density at radius 2 is 2.16 bits per heavy atom. The van der Waals surface area contributed by atoms with Crippen LogP contribution in [0.3, 0.4) is 0 Å². The van der Waals surface area contributed by atoms with E-state index in [0.717, 1.165) is 16.2 Å². The molecule has 3 heterocycles. The van der Waals surface area contributed by atoms with Gasteiger partial charge in [-0.25, -0.2) is 17.9 Å². The van der Waals surface area contributed by atoms with Crippen molar-refractivity contribution >= 4 is 27.5 Å². The van der Waals surface area contributed by atoms with E-state index in [-0.39, 0.29) is 16.3 Å². The van der Waals surface area contributed by atoms with Gasteiger partial charge < -0.3 is 14.2 Å². The lowest BCUT2D eigenvalue weighted by Crippen LogP contribution is -2.46.